The van der Waals surface area contributed by atoms with E-state index in [9.17, 15) is 18.0 Å². The molecule has 1 fully saturated rings. The van der Waals surface area contributed by atoms with Crippen LogP contribution in [0.4, 0.5) is 0 Å². The fourth-order valence-electron chi connectivity index (χ4n) is 2.54. The Kier molecular flexibility index (Phi) is 6.33. The molecule has 1 saturated heterocycles. The molecule has 0 bridgehead atoms. The van der Waals surface area contributed by atoms with Crippen LogP contribution in [-0.4, -0.2) is 50.5 Å². The number of likely N-dealkylation sites (tertiary alicyclic amines) is 1. The van der Waals surface area contributed by atoms with Gasteiger partial charge in [-0.05, 0) is 12.5 Å². The van der Waals surface area contributed by atoms with E-state index in [1.54, 1.807) is 11.8 Å². The highest BCUT2D eigenvalue weighted by molar-refractivity contribution is 7.89. The summed E-state index contributed by atoms with van der Waals surface area (Å²) in [6.07, 6.45) is 0.194. The van der Waals surface area contributed by atoms with Crippen LogP contribution in [0, 0.1) is 5.92 Å². The summed E-state index contributed by atoms with van der Waals surface area (Å²) in [6, 6.07) is 9.63. The first-order chi connectivity index (χ1) is 11.4. The second kappa shape index (κ2) is 8.25. The van der Waals surface area contributed by atoms with E-state index in [1.807, 2.05) is 30.3 Å². The molecule has 1 atom stereocenters. The summed E-state index contributed by atoms with van der Waals surface area (Å²) >= 11 is 0. The molecule has 2 rings (SSSR count). The number of sulfonamides is 1. The quantitative estimate of drug-likeness (QED) is 0.648. The van der Waals surface area contributed by atoms with Gasteiger partial charge in [-0.1, -0.05) is 30.3 Å². The highest BCUT2D eigenvalue weighted by Crippen LogP contribution is 2.20. The SMILES string of the molecule is CCS(=O)(=O)NCCNC(=O)C1CC(=O)N(Cc2ccccc2)C1. The maximum atomic E-state index is 12.1. The number of hydrogen-bond acceptors (Lipinski definition) is 4. The molecule has 0 spiro atoms. The first kappa shape index (κ1) is 18.4. The predicted octanol–water partition coefficient (Wildman–Crippen LogP) is 0.0906. The van der Waals surface area contributed by atoms with Gasteiger partial charge in [-0.3, -0.25) is 9.59 Å². The van der Waals surface area contributed by atoms with Crippen molar-refractivity contribution >= 4 is 21.8 Å². The first-order valence-corrected chi connectivity index (χ1v) is 9.63. The maximum Gasteiger partial charge on any atom is 0.225 e. The van der Waals surface area contributed by atoms with Gasteiger partial charge in [0.05, 0.1) is 11.7 Å². The minimum absolute atomic E-state index is 0.00647. The summed E-state index contributed by atoms with van der Waals surface area (Å²) in [6.45, 7) is 2.80. The number of amides is 2. The predicted molar refractivity (Wildman–Crippen MR) is 90.4 cm³/mol. The number of nitrogens with zero attached hydrogens (tertiary/aromatic N) is 1. The van der Waals surface area contributed by atoms with Crippen LogP contribution in [0.25, 0.3) is 0 Å². The number of hydrogen-bond donors (Lipinski definition) is 2. The average molecular weight is 353 g/mol. The Hall–Kier alpha value is -1.93. The third kappa shape index (κ3) is 5.31. The standard InChI is InChI=1S/C16H23N3O4S/c1-2-24(22,23)18-9-8-17-16(21)14-10-15(20)19(12-14)11-13-6-4-3-5-7-13/h3-7,14,18H,2,8-12H2,1H3,(H,17,21). The van der Waals surface area contributed by atoms with Crippen molar-refractivity contribution in [2.24, 2.45) is 5.92 Å². The van der Waals surface area contributed by atoms with E-state index in [4.69, 9.17) is 0 Å². The normalized spacial score (nSPS) is 18.0. The van der Waals surface area contributed by atoms with Crippen LogP contribution in [0.3, 0.4) is 0 Å². The molecule has 7 nitrogen and oxygen atoms in total. The molecule has 8 heteroatoms. The molecule has 24 heavy (non-hydrogen) atoms. The van der Waals surface area contributed by atoms with Gasteiger partial charge in [0, 0.05) is 32.6 Å². The van der Waals surface area contributed by atoms with E-state index in [0.29, 0.717) is 13.1 Å². The number of nitrogens with one attached hydrogen (secondary N) is 2. The zero-order valence-corrected chi connectivity index (χ0v) is 14.5. The van der Waals surface area contributed by atoms with Crippen LogP contribution in [0.5, 0.6) is 0 Å². The highest BCUT2D eigenvalue weighted by atomic mass is 32.2. The summed E-state index contributed by atoms with van der Waals surface area (Å²) in [5.41, 5.74) is 1.03. The summed E-state index contributed by atoms with van der Waals surface area (Å²) in [5.74, 6) is -0.628. The molecule has 0 saturated carbocycles. The number of carbonyl (C=O) groups excluding carboxylic acids is 2. The smallest absolute Gasteiger partial charge is 0.225 e. The Morgan fingerprint density at radius 3 is 2.62 bits per heavy atom. The monoisotopic (exact) mass is 353 g/mol. The maximum absolute atomic E-state index is 12.1. The van der Waals surface area contributed by atoms with Gasteiger partial charge >= 0.3 is 0 Å². The van der Waals surface area contributed by atoms with E-state index in [-0.39, 0.29) is 43.0 Å². The van der Waals surface area contributed by atoms with Crippen LogP contribution < -0.4 is 10.0 Å². The molecule has 0 radical (unpaired) electrons. The molecule has 2 N–H and O–H groups in total. The van der Waals surface area contributed by atoms with Crippen LogP contribution >= 0.6 is 0 Å². The Bertz CT molecular complexity index is 676. The van der Waals surface area contributed by atoms with E-state index in [0.717, 1.165) is 5.56 Å². The number of carbonyl (C=O) groups is 2. The number of rotatable bonds is 8. The minimum Gasteiger partial charge on any atom is -0.354 e. The van der Waals surface area contributed by atoms with Gasteiger partial charge in [0.15, 0.2) is 0 Å². The second-order valence-corrected chi connectivity index (χ2v) is 7.85. The zero-order valence-electron chi connectivity index (χ0n) is 13.7. The van der Waals surface area contributed by atoms with E-state index >= 15 is 0 Å². The topological polar surface area (TPSA) is 95.6 Å². The molecule has 2 amide bonds. The first-order valence-electron chi connectivity index (χ1n) is 7.98. The number of benzene rings is 1. The third-order valence-corrected chi connectivity index (χ3v) is 5.33. The summed E-state index contributed by atoms with van der Waals surface area (Å²) in [4.78, 5) is 25.8. The fraction of sp³-hybridized carbons (Fsp3) is 0.500. The van der Waals surface area contributed by atoms with Crippen molar-refractivity contribution in [2.45, 2.75) is 19.9 Å². The Morgan fingerprint density at radius 1 is 1.25 bits per heavy atom. The van der Waals surface area contributed by atoms with Gasteiger partial charge in [-0.2, -0.15) is 0 Å². The Labute approximate surface area is 142 Å². The molecule has 1 aromatic carbocycles. The lowest BCUT2D eigenvalue weighted by atomic mass is 10.1. The van der Waals surface area contributed by atoms with E-state index in [2.05, 4.69) is 10.0 Å². The van der Waals surface area contributed by atoms with Gasteiger partial charge in [0.25, 0.3) is 0 Å². The lowest BCUT2D eigenvalue weighted by molar-refractivity contribution is -0.129. The van der Waals surface area contributed by atoms with Gasteiger partial charge in [-0.15, -0.1) is 0 Å². The molecule has 1 aliphatic rings. The van der Waals surface area contributed by atoms with Crippen molar-refractivity contribution in [2.75, 3.05) is 25.4 Å². The molecule has 1 heterocycles. The molecule has 132 valence electrons. The summed E-state index contributed by atoms with van der Waals surface area (Å²) in [5, 5.41) is 2.68. The molecule has 0 aliphatic carbocycles. The van der Waals surface area contributed by atoms with Crippen molar-refractivity contribution in [3.63, 3.8) is 0 Å². The summed E-state index contributed by atoms with van der Waals surface area (Å²) < 4.78 is 25.0. The van der Waals surface area contributed by atoms with Crippen LogP contribution in [-0.2, 0) is 26.2 Å². The Balaban J connectivity index is 1.77. The molecule has 1 aliphatic heterocycles. The molecule has 1 unspecified atom stereocenters. The van der Waals surface area contributed by atoms with Gasteiger partial charge in [0.2, 0.25) is 21.8 Å². The summed E-state index contributed by atoms with van der Waals surface area (Å²) in [7, 11) is -3.25. The minimum atomic E-state index is -3.25. The molecular weight excluding hydrogens is 330 g/mol. The molecular formula is C16H23N3O4S. The lowest BCUT2D eigenvalue weighted by Gasteiger charge is -2.16. The zero-order chi connectivity index (χ0) is 17.6. The average Bonchev–Trinajstić information content (AvgIpc) is 2.93. The molecule has 0 aromatic heterocycles. The lowest BCUT2D eigenvalue weighted by Crippen LogP contribution is -2.38. The van der Waals surface area contributed by atoms with Gasteiger partial charge < -0.3 is 10.2 Å². The van der Waals surface area contributed by atoms with Crippen molar-refractivity contribution in [3.05, 3.63) is 35.9 Å². The van der Waals surface area contributed by atoms with Crippen LogP contribution in [0.15, 0.2) is 30.3 Å². The van der Waals surface area contributed by atoms with Crippen molar-refractivity contribution < 1.29 is 18.0 Å². The van der Waals surface area contributed by atoms with Crippen molar-refractivity contribution in [1.82, 2.24) is 14.9 Å². The second-order valence-electron chi connectivity index (χ2n) is 5.75. The van der Waals surface area contributed by atoms with Crippen molar-refractivity contribution in [1.29, 1.82) is 0 Å². The Morgan fingerprint density at radius 2 is 1.96 bits per heavy atom. The van der Waals surface area contributed by atoms with Gasteiger partial charge in [0.1, 0.15) is 0 Å². The van der Waals surface area contributed by atoms with Crippen LogP contribution in [0.1, 0.15) is 18.9 Å². The van der Waals surface area contributed by atoms with Gasteiger partial charge in [-0.25, -0.2) is 13.1 Å². The van der Waals surface area contributed by atoms with Crippen molar-refractivity contribution in [3.8, 4) is 0 Å². The fourth-order valence-corrected chi connectivity index (χ4v) is 3.16. The largest absolute Gasteiger partial charge is 0.354 e. The third-order valence-electron chi connectivity index (χ3n) is 3.93. The highest BCUT2D eigenvalue weighted by Gasteiger charge is 2.33. The molecule has 1 aromatic rings. The van der Waals surface area contributed by atoms with E-state index in [1.165, 1.54) is 0 Å². The van der Waals surface area contributed by atoms with E-state index < -0.39 is 10.0 Å². The van der Waals surface area contributed by atoms with Crippen LogP contribution in [0.2, 0.25) is 0 Å².